The number of benzene rings is 1. The highest BCUT2D eigenvalue weighted by molar-refractivity contribution is 6.04. The van der Waals surface area contributed by atoms with Crippen molar-refractivity contribution in [3.8, 4) is 11.3 Å². The molecule has 1 aromatic carbocycles. The van der Waals surface area contributed by atoms with Gasteiger partial charge >= 0.3 is 12.1 Å². The first-order valence-corrected chi connectivity index (χ1v) is 6.52. The Balaban J connectivity index is 2.39. The van der Waals surface area contributed by atoms with Gasteiger partial charge in [0.1, 0.15) is 0 Å². The Morgan fingerprint density at radius 2 is 1.91 bits per heavy atom. The SMILES string of the molecule is O=C(O)c1cc(-c2cccnc2)nc2c(C(F)(F)F)cccc12. The van der Waals surface area contributed by atoms with Crippen molar-refractivity contribution in [1.82, 2.24) is 9.97 Å². The van der Waals surface area contributed by atoms with Gasteiger partial charge < -0.3 is 5.11 Å². The topological polar surface area (TPSA) is 63.1 Å². The first kappa shape index (κ1) is 15.0. The van der Waals surface area contributed by atoms with E-state index in [-0.39, 0.29) is 16.6 Å². The summed E-state index contributed by atoms with van der Waals surface area (Å²) in [6, 6.07) is 7.81. The lowest BCUT2D eigenvalue weighted by atomic mass is 10.0. The van der Waals surface area contributed by atoms with Gasteiger partial charge in [-0.05, 0) is 24.3 Å². The third-order valence-corrected chi connectivity index (χ3v) is 3.33. The number of para-hydroxylation sites is 1. The summed E-state index contributed by atoms with van der Waals surface area (Å²) in [6.07, 6.45) is -1.71. The quantitative estimate of drug-likeness (QED) is 0.775. The van der Waals surface area contributed by atoms with Crippen LogP contribution in [0.3, 0.4) is 0 Å². The highest BCUT2D eigenvalue weighted by atomic mass is 19.4. The van der Waals surface area contributed by atoms with E-state index in [2.05, 4.69) is 9.97 Å². The van der Waals surface area contributed by atoms with E-state index in [9.17, 15) is 23.1 Å². The van der Waals surface area contributed by atoms with Crippen molar-refractivity contribution in [1.29, 1.82) is 0 Å². The van der Waals surface area contributed by atoms with Crippen LogP contribution in [-0.2, 0) is 6.18 Å². The molecule has 0 aliphatic rings. The standard InChI is InChI=1S/C16H9F3N2O2/c17-16(18,19)12-5-1-4-10-11(15(22)23)7-13(21-14(10)12)9-3-2-6-20-8-9/h1-8H,(H,22,23). The number of alkyl halides is 3. The number of fused-ring (bicyclic) bond motifs is 1. The lowest BCUT2D eigenvalue weighted by Gasteiger charge is -2.12. The minimum atomic E-state index is -4.63. The minimum absolute atomic E-state index is 0.0556. The largest absolute Gasteiger partial charge is 0.478 e. The van der Waals surface area contributed by atoms with Crippen LogP contribution in [0.2, 0.25) is 0 Å². The Morgan fingerprint density at radius 3 is 2.52 bits per heavy atom. The van der Waals surface area contributed by atoms with Crippen LogP contribution in [0.5, 0.6) is 0 Å². The van der Waals surface area contributed by atoms with E-state index < -0.39 is 23.2 Å². The summed E-state index contributed by atoms with van der Waals surface area (Å²) in [6.45, 7) is 0. The third-order valence-electron chi connectivity index (χ3n) is 3.33. The summed E-state index contributed by atoms with van der Waals surface area (Å²) >= 11 is 0. The van der Waals surface area contributed by atoms with Crippen molar-refractivity contribution < 1.29 is 23.1 Å². The first-order valence-electron chi connectivity index (χ1n) is 6.52. The minimum Gasteiger partial charge on any atom is -0.478 e. The van der Waals surface area contributed by atoms with Crippen LogP contribution in [-0.4, -0.2) is 21.0 Å². The number of aromatic nitrogens is 2. The highest BCUT2D eigenvalue weighted by Crippen LogP contribution is 2.36. The Morgan fingerprint density at radius 1 is 1.13 bits per heavy atom. The van der Waals surface area contributed by atoms with Gasteiger partial charge in [0.15, 0.2) is 0 Å². The molecule has 0 aliphatic heterocycles. The average Bonchev–Trinajstić information content (AvgIpc) is 2.53. The summed E-state index contributed by atoms with van der Waals surface area (Å²) in [5.74, 6) is -1.32. The van der Waals surface area contributed by atoms with Gasteiger partial charge in [-0.1, -0.05) is 12.1 Å². The summed E-state index contributed by atoms with van der Waals surface area (Å²) in [5, 5.41) is 9.27. The second-order valence-corrected chi connectivity index (χ2v) is 4.80. The second-order valence-electron chi connectivity index (χ2n) is 4.80. The van der Waals surface area contributed by atoms with Gasteiger partial charge in [0.25, 0.3) is 0 Å². The number of nitrogens with zero attached hydrogens (tertiary/aromatic N) is 2. The van der Waals surface area contributed by atoms with Crippen molar-refractivity contribution in [3.05, 3.63) is 59.9 Å². The molecule has 116 valence electrons. The Bertz CT molecular complexity index is 893. The lowest BCUT2D eigenvalue weighted by Crippen LogP contribution is -2.09. The molecule has 2 heterocycles. The monoisotopic (exact) mass is 318 g/mol. The molecule has 2 aromatic heterocycles. The highest BCUT2D eigenvalue weighted by Gasteiger charge is 2.34. The molecular weight excluding hydrogens is 309 g/mol. The molecular formula is C16H9F3N2O2. The maximum atomic E-state index is 13.2. The number of halogens is 3. The van der Waals surface area contributed by atoms with Gasteiger partial charge in [-0.25, -0.2) is 9.78 Å². The van der Waals surface area contributed by atoms with E-state index in [4.69, 9.17) is 0 Å². The molecule has 7 heteroatoms. The fraction of sp³-hybridized carbons (Fsp3) is 0.0625. The molecule has 1 N–H and O–H groups in total. The molecule has 0 saturated heterocycles. The van der Waals surface area contributed by atoms with Crippen LogP contribution < -0.4 is 0 Å². The maximum Gasteiger partial charge on any atom is 0.418 e. The number of carboxylic acids is 1. The molecule has 23 heavy (non-hydrogen) atoms. The molecule has 0 spiro atoms. The Kier molecular flexibility index (Phi) is 3.48. The molecule has 4 nitrogen and oxygen atoms in total. The molecule has 0 bridgehead atoms. The predicted octanol–water partition coefficient (Wildman–Crippen LogP) is 4.01. The van der Waals surface area contributed by atoms with Gasteiger partial charge in [0.2, 0.25) is 0 Å². The van der Waals surface area contributed by atoms with E-state index in [1.54, 1.807) is 12.1 Å². The van der Waals surface area contributed by atoms with Gasteiger partial charge in [-0.2, -0.15) is 13.2 Å². The molecule has 0 fully saturated rings. The maximum absolute atomic E-state index is 13.2. The summed E-state index contributed by atoms with van der Waals surface area (Å²) in [7, 11) is 0. The van der Waals surface area contributed by atoms with Crippen LogP contribution in [0.4, 0.5) is 13.2 Å². The second kappa shape index (κ2) is 5.35. The number of hydrogen-bond acceptors (Lipinski definition) is 3. The van der Waals surface area contributed by atoms with Crippen molar-refractivity contribution in [2.45, 2.75) is 6.18 Å². The predicted molar refractivity (Wildman–Crippen MR) is 76.9 cm³/mol. The molecule has 3 rings (SSSR count). The third kappa shape index (κ3) is 2.73. The fourth-order valence-electron chi connectivity index (χ4n) is 2.32. The van der Waals surface area contributed by atoms with Gasteiger partial charge in [0.05, 0.1) is 22.3 Å². The normalized spacial score (nSPS) is 11.6. The first-order chi connectivity index (χ1) is 10.9. The number of hydrogen-bond donors (Lipinski definition) is 1. The zero-order valence-corrected chi connectivity index (χ0v) is 11.5. The van der Waals surface area contributed by atoms with E-state index in [1.807, 2.05) is 0 Å². The van der Waals surface area contributed by atoms with E-state index >= 15 is 0 Å². The number of pyridine rings is 2. The Hall–Kier alpha value is -2.96. The van der Waals surface area contributed by atoms with Crippen LogP contribution in [0.15, 0.2) is 48.8 Å². The molecule has 0 atom stereocenters. The molecule has 0 amide bonds. The number of aromatic carboxylic acids is 1. The zero-order chi connectivity index (χ0) is 16.6. The van der Waals surface area contributed by atoms with Crippen LogP contribution in [0.25, 0.3) is 22.2 Å². The lowest BCUT2D eigenvalue weighted by molar-refractivity contribution is -0.136. The summed E-state index contributed by atoms with van der Waals surface area (Å²) in [4.78, 5) is 19.3. The molecule has 3 aromatic rings. The number of rotatable bonds is 2. The average molecular weight is 318 g/mol. The van der Waals surface area contributed by atoms with Crippen molar-refractivity contribution in [3.63, 3.8) is 0 Å². The Labute approximate surface area is 128 Å². The smallest absolute Gasteiger partial charge is 0.418 e. The molecule has 0 unspecified atom stereocenters. The van der Waals surface area contributed by atoms with Crippen LogP contribution >= 0.6 is 0 Å². The molecule has 0 saturated carbocycles. The summed E-state index contributed by atoms with van der Waals surface area (Å²) in [5.41, 5.74) is -1.03. The fourth-order valence-corrected chi connectivity index (χ4v) is 2.32. The molecule has 0 radical (unpaired) electrons. The van der Waals surface area contributed by atoms with Crippen molar-refractivity contribution >= 4 is 16.9 Å². The summed E-state index contributed by atoms with van der Waals surface area (Å²) < 4.78 is 39.6. The van der Waals surface area contributed by atoms with Crippen LogP contribution in [0, 0.1) is 0 Å². The van der Waals surface area contributed by atoms with Gasteiger partial charge in [0, 0.05) is 23.3 Å². The van der Waals surface area contributed by atoms with Crippen LogP contribution in [0.1, 0.15) is 15.9 Å². The van der Waals surface area contributed by atoms with Crippen molar-refractivity contribution in [2.75, 3.05) is 0 Å². The van der Waals surface area contributed by atoms with Gasteiger partial charge in [-0.15, -0.1) is 0 Å². The van der Waals surface area contributed by atoms with Crippen molar-refractivity contribution in [2.24, 2.45) is 0 Å². The van der Waals surface area contributed by atoms with Gasteiger partial charge in [-0.3, -0.25) is 4.98 Å². The zero-order valence-electron chi connectivity index (χ0n) is 11.5. The van der Waals surface area contributed by atoms with E-state index in [0.717, 1.165) is 6.07 Å². The number of carboxylic acid groups (broad SMARTS) is 1. The molecule has 0 aliphatic carbocycles. The van der Waals surface area contributed by atoms with E-state index in [1.165, 1.54) is 30.6 Å². The number of carbonyl (C=O) groups is 1. The van der Waals surface area contributed by atoms with E-state index in [0.29, 0.717) is 5.56 Å².